The molecule has 1 atom stereocenters. The second-order valence-corrected chi connectivity index (χ2v) is 6.28. The molecule has 0 fully saturated rings. The average molecular weight is 269 g/mol. The molecule has 0 aromatic heterocycles. The minimum atomic E-state index is 0.254. The smallest absolute Gasteiger partial charge is 0.0406 e. The van der Waals surface area contributed by atoms with Gasteiger partial charge in [0.25, 0.3) is 0 Å². The Bertz CT molecular complexity index is 359. The molecule has 0 saturated carbocycles. The van der Waals surface area contributed by atoms with Crippen molar-refractivity contribution >= 4 is 11.6 Å². The maximum absolute atomic E-state index is 5.92. The van der Waals surface area contributed by atoms with Gasteiger partial charge in [-0.25, -0.2) is 0 Å². The van der Waals surface area contributed by atoms with E-state index < -0.39 is 0 Å². The molecule has 2 N–H and O–H groups in total. The van der Waals surface area contributed by atoms with Crippen molar-refractivity contribution in [1.82, 2.24) is 4.90 Å². The molecule has 0 spiro atoms. The van der Waals surface area contributed by atoms with Crippen molar-refractivity contribution in [2.75, 3.05) is 20.1 Å². The lowest BCUT2D eigenvalue weighted by Crippen LogP contribution is -2.34. The SMILES string of the molecule is CC(c1ccc(Cl)cc1)N(C)CC(C)(C)CCN. The van der Waals surface area contributed by atoms with E-state index in [0.717, 1.165) is 24.5 Å². The van der Waals surface area contributed by atoms with E-state index in [2.05, 4.69) is 44.9 Å². The molecule has 0 bridgehead atoms. The Morgan fingerprint density at radius 3 is 2.33 bits per heavy atom. The van der Waals surface area contributed by atoms with Crippen LogP contribution in [0.4, 0.5) is 0 Å². The van der Waals surface area contributed by atoms with Crippen molar-refractivity contribution in [3.63, 3.8) is 0 Å². The lowest BCUT2D eigenvalue weighted by atomic mass is 9.88. The summed E-state index contributed by atoms with van der Waals surface area (Å²) < 4.78 is 0. The Hall–Kier alpha value is -0.570. The summed E-state index contributed by atoms with van der Waals surface area (Å²) in [6.45, 7) is 8.54. The fourth-order valence-electron chi connectivity index (χ4n) is 2.28. The Morgan fingerprint density at radius 2 is 1.83 bits per heavy atom. The van der Waals surface area contributed by atoms with Crippen LogP contribution in [0.15, 0.2) is 24.3 Å². The first kappa shape index (κ1) is 15.5. The zero-order chi connectivity index (χ0) is 13.8. The molecule has 0 aliphatic carbocycles. The fourth-order valence-corrected chi connectivity index (χ4v) is 2.40. The van der Waals surface area contributed by atoms with E-state index in [4.69, 9.17) is 17.3 Å². The Morgan fingerprint density at radius 1 is 1.28 bits per heavy atom. The summed E-state index contributed by atoms with van der Waals surface area (Å²) in [6, 6.07) is 8.48. The van der Waals surface area contributed by atoms with Gasteiger partial charge in [0.15, 0.2) is 0 Å². The topological polar surface area (TPSA) is 29.3 Å². The van der Waals surface area contributed by atoms with Crippen LogP contribution in [-0.4, -0.2) is 25.0 Å². The van der Waals surface area contributed by atoms with Gasteiger partial charge < -0.3 is 5.73 Å². The van der Waals surface area contributed by atoms with Crippen LogP contribution in [0.25, 0.3) is 0 Å². The molecular weight excluding hydrogens is 244 g/mol. The van der Waals surface area contributed by atoms with Gasteiger partial charge in [0.2, 0.25) is 0 Å². The molecular formula is C15H25ClN2. The summed E-state index contributed by atoms with van der Waals surface area (Å²) in [7, 11) is 2.16. The second kappa shape index (κ2) is 6.55. The third-order valence-corrected chi connectivity index (χ3v) is 3.76. The van der Waals surface area contributed by atoms with Crippen LogP contribution >= 0.6 is 11.6 Å². The predicted molar refractivity (Wildman–Crippen MR) is 79.9 cm³/mol. The summed E-state index contributed by atoms with van der Waals surface area (Å²) in [4.78, 5) is 2.37. The van der Waals surface area contributed by atoms with E-state index in [9.17, 15) is 0 Å². The number of hydrogen-bond donors (Lipinski definition) is 1. The van der Waals surface area contributed by atoms with E-state index >= 15 is 0 Å². The van der Waals surface area contributed by atoms with E-state index in [1.165, 1.54) is 5.56 Å². The van der Waals surface area contributed by atoms with Crippen LogP contribution in [0.5, 0.6) is 0 Å². The molecule has 1 aromatic carbocycles. The average Bonchev–Trinajstić information content (AvgIpc) is 2.28. The van der Waals surface area contributed by atoms with Gasteiger partial charge in [0.1, 0.15) is 0 Å². The lowest BCUT2D eigenvalue weighted by molar-refractivity contribution is 0.162. The highest BCUT2D eigenvalue weighted by Crippen LogP contribution is 2.26. The normalized spacial score (nSPS) is 13.9. The molecule has 2 nitrogen and oxygen atoms in total. The van der Waals surface area contributed by atoms with Crippen molar-refractivity contribution in [3.05, 3.63) is 34.9 Å². The molecule has 0 radical (unpaired) electrons. The van der Waals surface area contributed by atoms with Crippen molar-refractivity contribution in [2.24, 2.45) is 11.1 Å². The summed E-state index contributed by atoms with van der Waals surface area (Å²) in [5.41, 5.74) is 7.21. The largest absolute Gasteiger partial charge is 0.330 e. The van der Waals surface area contributed by atoms with Crippen molar-refractivity contribution in [1.29, 1.82) is 0 Å². The summed E-state index contributed by atoms with van der Waals surface area (Å²) in [5, 5.41) is 0.789. The Labute approximate surface area is 116 Å². The van der Waals surface area contributed by atoms with E-state index in [-0.39, 0.29) is 5.41 Å². The van der Waals surface area contributed by atoms with Crippen LogP contribution in [-0.2, 0) is 0 Å². The predicted octanol–water partition coefficient (Wildman–Crippen LogP) is 3.71. The van der Waals surface area contributed by atoms with Crippen LogP contribution in [0.2, 0.25) is 5.02 Å². The standard InChI is InChI=1S/C15H25ClN2/c1-12(13-5-7-14(16)8-6-13)18(4)11-15(2,3)9-10-17/h5-8,12H,9-11,17H2,1-4H3. The van der Waals surface area contributed by atoms with Gasteiger partial charge in [-0.15, -0.1) is 0 Å². The van der Waals surface area contributed by atoms with E-state index in [1.807, 2.05) is 12.1 Å². The first-order valence-electron chi connectivity index (χ1n) is 6.51. The quantitative estimate of drug-likeness (QED) is 0.852. The van der Waals surface area contributed by atoms with Gasteiger partial charge in [0, 0.05) is 17.6 Å². The molecule has 0 saturated heterocycles. The van der Waals surface area contributed by atoms with E-state index in [1.54, 1.807) is 0 Å². The summed E-state index contributed by atoms with van der Waals surface area (Å²) >= 11 is 5.92. The molecule has 1 unspecified atom stereocenters. The highest BCUT2D eigenvalue weighted by atomic mass is 35.5. The molecule has 18 heavy (non-hydrogen) atoms. The summed E-state index contributed by atoms with van der Waals surface area (Å²) in [6.07, 6.45) is 1.05. The maximum Gasteiger partial charge on any atom is 0.0406 e. The fraction of sp³-hybridized carbons (Fsp3) is 0.600. The third kappa shape index (κ3) is 4.60. The van der Waals surface area contributed by atoms with Crippen LogP contribution < -0.4 is 5.73 Å². The Kier molecular flexibility index (Phi) is 5.64. The number of benzene rings is 1. The van der Waals surface area contributed by atoms with Gasteiger partial charge >= 0.3 is 0 Å². The second-order valence-electron chi connectivity index (χ2n) is 5.85. The van der Waals surface area contributed by atoms with Crippen molar-refractivity contribution in [3.8, 4) is 0 Å². The summed E-state index contributed by atoms with van der Waals surface area (Å²) in [5.74, 6) is 0. The molecule has 1 rings (SSSR count). The van der Waals surface area contributed by atoms with E-state index in [0.29, 0.717) is 6.04 Å². The van der Waals surface area contributed by atoms with Gasteiger partial charge in [0.05, 0.1) is 0 Å². The number of rotatable bonds is 6. The van der Waals surface area contributed by atoms with Gasteiger partial charge in [-0.1, -0.05) is 37.6 Å². The number of halogens is 1. The highest BCUT2D eigenvalue weighted by Gasteiger charge is 2.22. The monoisotopic (exact) mass is 268 g/mol. The first-order valence-corrected chi connectivity index (χ1v) is 6.89. The first-order chi connectivity index (χ1) is 8.35. The number of nitrogens with two attached hydrogens (primary N) is 1. The zero-order valence-corrected chi connectivity index (χ0v) is 12.7. The maximum atomic E-state index is 5.92. The van der Waals surface area contributed by atoms with Crippen LogP contribution in [0.1, 0.15) is 38.8 Å². The highest BCUT2D eigenvalue weighted by molar-refractivity contribution is 6.30. The molecule has 3 heteroatoms. The minimum absolute atomic E-state index is 0.254. The molecule has 1 aromatic rings. The van der Waals surface area contributed by atoms with Crippen molar-refractivity contribution < 1.29 is 0 Å². The van der Waals surface area contributed by atoms with Gasteiger partial charge in [-0.3, -0.25) is 4.90 Å². The number of nitrogens with zero attached hydrogens (tertiary/aromatic N) is 1. The molecule has 0 amide bonds. The Balaban J connectivity index is 2.66. The number of hydrogen-bond acceptors (Lipinski definition) is 2. The molecule has 0 aliphatic rings. The van der Waals surface area contributed by atoms with Gasteiger partial charge in [-0.05, 0) is 50.0 Å². The van der Waals surface area contributed by atoms with Crippen LogP contribution in [0.3, 0.4) is 0 Å². The van der Waals surface area contributed by atoms with Crippen LogP contribution in [0, 0.1) is 5.41 Å². The molecule has 0 heterocycles. The lowest BCUT2D eigenvalue weighted by Gasteiger charge is -2.34. The third-order valence-electron chi connectivity index (χ3n) is 3.51. The molecule has 102 valence electrons. The molecule has 0 aliphatic heterocycles. The minimum Gasteiger partial charge on any atom is -0.330 e. The van der Waals surface area contributed by atoms with Crippen molar-refractivity contribution in [2.45, 2.75) is 33.2 Å². The van der Waals surface area contributed by atoms with Gasteiger partial charge in [-0.2, -0.15) is 0 Å². The zero-order valence-electron chi connectivity index (χ0n) is 11.9.